The minimum Gasteiger partial charge on any atom is -0.459 e. The number of fused-ring (bicyclic) bond motifs is 1. The molecule has 0 aliphatic heterocycles. The van der Waals surface area contributed by atoms with Gasteiger partial charge in [-0.15, -0.1) is 0 Å². The number of amides is 2. The quantitative estimate of drug-likeness (QED) is 0.727. The van der Waals surface area contributed by atoms with Crippen molar-refractivity contribution in [2.45, 2.75) is 19.5 Å². The lowest BCUT2D eigenvalue weighted by Gasteiger charge is -2.13. The summed E-state index contributed by atoms with van der Waals surface area (Å²) in [6.07, 6.45) is 1.66. The maximum Gasteiger partial charge on any atom is 0.320 e. The molecule has 1 atom stereocenters. The molecule has 2 aromatic heterocycles. The number of carbonyl (C=O) groups is 1. The number of aromatic nitrogens is 1. The SMILES string of the molecule is CC(NC(=O)Nc1cc(CN(C)C)ccn1)c1cc2cc(F)ccc2o1. The zero-order chi connectivity index (χ0) is 18.7. The first kappa shape index (κ1) is 17.9. The number of nitrogens with one attached hydrogen (secondary N) is 2. The standard InChI is InChI=1S/C19H21FN4O2/c1-12(17-10-14-9-15(20)4-5-16(14)26-17)22-19(25)23-18-8-13(6-7-21-18)11-24(2)3/h4-10,12H,11H2,1-3H3,(H2,21,22,23,25). The van der Waals surface area contributed by atoms with Crippen LogP contribution in [-0.2, 0) is 6.54 Å². The highest BCUT2D eigenvalue weighted by Gasteiger charge is 2.15. The van der Waals surface area contributed by atoms with Crippen LogP contribution < -0.4 is 10.6 Å². The van der Waals surface area contributed by atoms with Crippen molar-refractivity contribution < 1.29 is 13.6 Å². The Hall–Kier alpha value is -2.93. The van der Waals surface area contributed by atoms with Crippen molar-refractivity contribution in [1.82, 2.24) is 15.2 Å². The molecule has 2 amide bonds. The predicted molar refractivity (Wildman–Crippen MR) is 98.4 cm³/mol. The van der Waals surface area contributed by atoms with Gasteiger partial charge in [0.1, 0.15) is 23.0 Å². The molecule has 0 saturated carbocycles. The van der Waals surface area contributed by atoms with Crippen LogP contribution in [-0.4, -0.2) is 30.0 Å². The van der Waals surface area contributed by atoms with E-state index in [1.54, 1.807) is 25.3 Å². The van der Waals surface area contributed by atoms with E-state index in [1.165, 1.54) is 12.1 Å². The van der Waals surface area contributed by atoms with Gasteiger partial charge in [0.05, 0.1) is 6.04 Å². The van der Waals surface area contributed by atoms with Crippen molar-refractivity contribution >= 4 is 22.8 Å². The average molecular weight is 356 g/mol. The number of halogens is 1. The zero-order valence-corrected chi connectivity index (χ0v) is 14.9. The first-order chi connectivity index (χ1) is 12.4. The van der Waals surface area contributed by atoms with Crippen LogP contribution in [0.25, 0.3) is 11.0 Å². The van der Waals surface area contributed by atoms with Gasteiger partial charge >= 0.3 is 6.03 Å². The lowest BCUT2D eigenvalue weighted by atomic mass is 10.2. The summed E-state index contributed by atoms with van der Waals surface area (Å²) in [5.41, 5.74) is 1.63. The molecule has 0 aliphatic carbocycles. The Labute approximate surface area is 151 Å². The molecule has 2 N–H and O–H groups in total. The second-order valence-corrected chi connectivity index (χ2v) is 6.44. The van der Waals surface area contributed by atoms with E-state index >= 15 is 0 Å². The number of nitrogens with zero attached hydrogens (tertiary/aromatic N) is 2. The van der Waals surface area contributed by atoms with Crippen LogP contribution in [0, 0.1) is 5.82 Å². The fourth-order valence-electron chi connectivity index (χ4n) is 2.67. The van der Waals surface area contributed by atoms with Crippen molar-refractivity contribution in [3.63, 3.8) is 0 Å². The molecule has 0 fully saturated rings. The van der Waals surface area contributed by atoms with E-state index in [2.05, 4.69) is 15.6 Å². The van der Waals surface area contributed by atoms with E-state index in [0.717, 1.165) is 12.1 Å². The second kappa shape index (κ2) is 7.53. The normalized spacial score (nSPS) is 12.3. The number of hydrogen-bond donors (Lipinski definition) is 2. The van der Waals surface area contributed by atoms with Crippen LogP contribution in [0.1, 0.15) is 24.3 Å². The Morgan fingerprint density at radius 2 is 2.08 bits per heavy atom. The molecule has 7 heteroatoms. The largest absolute Gasteiger partial charge is 0.459 e. The lowest BCUT2D eigenvalue weighted by molar-refractivity contribution is 0.247. The number of benzene rings is 1. The van der Waals surface area contributed by atoms with Gasteiger partial charge in [-0.25, -0.2) is 14.2 Å². The third kappa shape index (κ3) is 4.37. The smallest absolute Gasteiger partial charge is 0.320 e. The van der Waals surface area contributed by atoms with Gasteiger partial charge in [-0.05, 0) is 63.0 Å². The number of hydrogen-bond acceptors (Lipinski definition) is 4. The van der Waals surface area contributed by atoms with Crippen LogP contribution >= 0.6 is 0 Å². The maximum absolute atomic E-state index is 13.3. The fraction of sp³-hybridized carbons (Fsp3) is 0.263. The van der Waals surface area contributed by atoms with E-state index < -0.39 is 6.03 Å². The van der Waals surface area contributed by atoms with Gasteiger partial charge in [-0.3, -0.25) is 5.32 Å². The molecule has 3 aromatic rings. The number of anilines is 1. The van der Waals surface area contributed by atoms with Crippen molar-refractivity contribution in [3.8, 4) is 0 Å². The predicted octanol–water partition coefficient (Wildman–Crippen LogP) is 3.91. The monoisotopic (exact) mass is 356 g/mol. The van der Waals surface area contributed by atoms with Crippen molar-refractivity contribution in [3.05, 3.63) is 59.7 Å². The molecule has 3 rings (SSSR count). The third-order valence-electron chi connectivity index (χ3n) is 3.84. The van der Waals surface area contributed by atoms with Gasteiger partial charge in [0.25, 0.3) is 0 Å². The van der Waals surface area contributed by atoms with Gasteiger partial charge in [0.15, 0.2) is 0 Å². The molecule has 6 nitrogen and oxygen atoms in total. The molecule has 0 bridgehead atoms. The maximum atomic E-state index is 13.3. The number of carbonyl (C=O) groups excluding carboxylic acids is 1. The number of pyridine rings is 1. The van der Waals surface area contributed by atoms with Crippen LogP contribution in [0.3, 0.4) is 0 Å². The summed E-state index contributed by atoms with van der Waals surface area (Å²) in [4.78, 5) is 18.4. The Kier molecular flexibility index (Phi) is 5.18. The fourth-order valence-corrected chi connectivity index (χ4v) is 2.67. The summed E-state index contributed by atoms with van der Waals surface area (Å²) in [6.45, 7) is 2.55. The van der Waals surface area contributed by atoms with Gasteiger partial charge in [-0.1, -0.05) is 0 Å². The molecular weight excluding hydrogens is 335 g/mol. The molecule has 0 radical (unpaired) electrons. The zero-order valence-electron chi connectivity index (χ0n) is 14.9. The second-order valence-electron chi connectivity index (χ2n) is 6.44. The number of urea groups is 1. The Morgan fingerprint density at radius 1 is 1.27 bits per heavy atom. The van der Waals surface area contributed by atoms with Gasteiger partial charge in [-0.2, -0.15) is 0 Å². The average Bonchev–Trinajstić information content (AvgIpc) is 2.97. The Bertz CT molecular complexity index is 923. The number of rotatable bonds is 5. The molecule has 2 heterocycles. The van der Waals surface area contributed by atoms with Crippen molar-refractivity contribution in [2.24, 2.45) is 0 Å². The summed E-state index contributed by atoms with van der Waals surface area (Å²) in [6, 6.07) is 8.99. The van der Waals surface area contributed by atoms with Crippen LogP contribution in [0.2, 0.25) is 0 Å². The summed E-state index contributed by atoms with van der Waals surface area (Å²) in [5, 5.41) is 6.17. The van der Waals surface area contributed by atoms with Gasteiger partial charge in [0, 0.05) is 18.1 Å². The highest BCUT2D eigenvalue weighted by Crippen LogP contribution is 2.24. The molecule has 0 spiro atoms. The van der Waals surface area contributed by atoms with E-state index in [4.69, 9.17) is 4.42 Å². The minimum atomic E-state index is -0.390. The molecule has 26 heavy (non-hydrogen) atoms. The highest BCUT2D eigenvalue weighted by atomic mass is 19.1. The molecular formula is C19H21FN4O2. The molecule has 0 saturated heterocycles. The third-order valence-corrected chi connectivity index (χ3v) is 3.84. The minimum absolute atomic E-state index is 0.327. The molecule has 136 valence electrons. The topological polar surface area (TPSA) is 70.4 Å². The first-order valence-electron chi connectivity index (χ1n) is 8.27. The summed E-state index contributed by atoms with van der Waals surface area (Å²) in [7, 11) is 3.95. The lowest BCUT2D eigenvalue weighted by Crippen LogP contribution is -2.31. The summed E-state index contributed by atoms with van der Waals surface area (Å²) >= 11 is 0. The Morgan fingerprint density at radius 3 is 2.85 bits per heavy atom. The molecule has 0 aliphatic rings. The molecule has 1 aromatic carbocycles. The van der Waals surface area contributed by atoms with E-state index in [-0.39, 0.29) is 11.9 Å². The highest BCUT2D eigenvalue weighted by molar-refractivity contribution is 5.88. The Balaban J connectivity index is 1.65. The van der Waals surface area contributed by atoms with Crippen LogP contribution in [0.15, 0.2) is 47.0 Å². The van der Waals surface area contributed by atoms with Crippen LogP contribution in [0.4, 0.5) is 15.0 Å². The first-order valence-corrected chi connectivity index (χ1v) is 8.27. The van der Waals surface area contributed by atoms with Crippen molar-refractivity contribution in [1.29, 1.82) is 0 Å². The summed E-state index contributed by atoms with van der Waals surface area (Å²) in [5.74, 6) is 0.697. The van der Waals surface area contributed by atoms with Gasteiger partial charge in [0.2, 0.25) is 0 Å². The van der Waals surface area contributed by atoms with E-state index in [0.29, 0.717) is 22.5 Å². The van der Waals surface area contributed by atoms with E-state index in [1.807, 2.05) is 31.1 Å². The van der Waals surface area contributed by atoms with Gasteiger partial charge < -0.3 is 14.6 Å². The van der Waals surface area contributed by atoms with E-state index in [9.17, 15) is 9.18 Å². The summed E-state index contributed by atoms with van der Waals surface area (Å²) < 4.78 is 18.9. The number of furan rings is 1. The van der Waals surface area contributed by atoms with Crippen molar-refractivity contribution in [2.75, 3.05) is 19.4 Å². The molecule has 1 unspecified atom stereocenters. The van der Waals surface area contributed by atoms with Crippen LogP contribution in [0.5, 0.6) is 0 Å².